The van der Waals surface area contributed by atoms with E-state index in [2.05, 4.69) is 9.71 Å². The molecule has 0 saturated heterocycles. The molecule has 1 heterocycles. The quantitative estimate of drug-likeness (QED) is 0.890. The minimum atomic E-state index is -3.75. The van der Waals surface area contributed by atoms with Gasteiger partial charge >= 0.3 is 0 Å². The third kappa shape index (κ3) is 2.25. The molecule has 0 atom stereocenters. The summed E-state index contributed by atoms with van der Waals surface area (Å²) in [6, 6.07) is 1.26. The van der Waals surface area contributed by atoms with Crippen molar-refractivity contribution in [2.45, 2.75) is 49.0 Å². The van der Waals surface area contributed by atoms with Gasteiger partial charge < -0.3 is 4.98 Å². The first-order chi connectivity index (χ1) is 9.96. The summed E-state index contributed by atoms with van der Waals surface area (Å²) in [7, 11) is -3.75. The molecular weight excluding hydrogens is 288 g/mol. The predicted octanol–water partition coefficient (Wildman–Crippen LogP) is 1.62. The molecule has 0 unspecified atom stereocenters. The molecule has 6 heteroatoms. The predicted molar refractivity (Wildman–Crippen MR) is 78.3 cm³/mol. The zero-order valence-electron chi connectivity index (χ0n) is 11.8. The fourth-order valence-corrected chi connectivity index (χ4v) is 6.67. The van der Waals surface area contributed by atoms with Gasteiger partial charge in [-0.05, 0) is 56.3 Å². The molecule has 21 heavy (non-hydrogen) atoms. The molecular formula is C15H20N2O3S. The van der Waals surface area contributed by atoms with E-state index in [1.165, 1.54) is 37.7 Å². The Labute approximate surface area is 124 Å². The van der Waals surface area contributed by atoms with Crippen molar-refractivity contribution in [1.82, 2.24) is 9.71 Å². The van der Waals surface area contributed by atoms with E-state index in [1.54, 1.807) is 0 Å². The maximum Gasteiger partial charge on any atom is 0.246 e. The Balaban J connectivity index is 1.67. The van der Waals surface area contributed by atoms with E-state index in [-0.39, 0.29) is 10.4 Å². The van der Waals surface area contributed by atoms with Crippen molar-refractivity contribution < 1.29 is 8.42 Å². The van der Waals surface area contributed by atoms with Gasteiger partial charge in [-0.2, -0.15) is 0 Å². The van der Waals surface area contributed by atoms with Crippen LogP contribution in [0.4, 0.5) is 0 Å². The Kier molecular flexibility index (Phi) is 2.85. The van der Waals surface area contributed by atoms with Crippen LogP contribution >= 0.6 is 0 Å². The fourth-order valence-electron chi connectivity index (χ4n) is 5.19. The van der Waals surface area contributed by atoms with Crippen LogP contribution in [0.3, 0.4) is 0 Å². The smallest absolute Gasteiger partial charge is 0.246 e. The van der Waals surface area contributed by atoms with Crippen molar-refractivity contribution in [2.75, 3.05) is 0 Å². The van der Waals surface area contributed by atoms with Crippen LogP contribution in [-0.2, 0) is 10.0 Å². The number of hydrogen-bond acceptors (Lipinski definition) is 3. The van der Waals surface area contributed by atoms with E-state index >= 15 is 0 Å². The summed E-state index contributed by atoms with van der Waals surface area (Å²) in [5, 5.41) is 0. The van der Waals surface area contributed by atoms with E-state index in [1.807, 2.05) is 0 Å². The monoisotopic (exact) mass is 308 g/mol. The molecule has 0 aromatic carbocycles. The molecule has 4 bridgehead atoms. The lowest BCUT2D eigenvalue weighted by atomic mass is 9.53. The lowest BCUT2D eigenvalue weighted by Crippen LogP contribution is -2.60. The molecule has 5 nitrogen and oxygen atoms in total. The van der Waals surface area contributed by atoms with Crippen molar-refractivity contribution >= 4 is 10.0 Å². The second kappa shape index (κ2) is 4.43. The van der Waals surface area contributed by atoms with Crippen molar-refractivity contribution in [1.29, 1.82) is 0 Å². The summed E-state index contributed by atoms with van der Waals surface area (Å²) >= 11 is 0. The summed E-state index contributed by atoms with van der Waals surface area (Å²) in [6.07, 6.45) is 9.30. The van der Waals surface area contributed by atoms with Gasteiger partial charge in [0.05, 0.1) is 0 Å². The van der Waals surface area contributed by atoms with Crippen LogP contribution in [0.1, 0.15) is 38.5 Å². The molecule has 1 aromatic heterocycles. The highest BCUT2D eigenvalue weighted by Gasteiger charge is 2.52. The van der Waals surface area contributed by atoms with Crippen LogP contribution in [0, 0.1) is 17.8 Å². The number of aromatic nitrogens is 1. The SMILES string of the molecule is O=c1cc[nH]cc1S(=O)(=O)NC12CC3CC(CC(C3)C1)C2. The molecule has 2 N–H and O–H groups in total. The van der Waals surface area contributed by atoms with Gasteiger partial charge in [-0.25, -0.2) is 13.1 Å². The molecule has 0 aliphatic heterocycles. The second-order valence-corrected chi connectivity index (χ2v) is 8.83. The van der Waals surface area contributed by atoms with Gasteiger partial charge in [-0.1, -0.05) is 0 Å². The van der Waals surface area contributed by atoms with Crippen molar-refractivity contribution in [3.05, 3.63) is 28.7 Å². The first-order valence-corrected chi connectivity index (χ1v) is 9.15. The Morgan fingerprint density at radius 1 is 1.10 bits per heavy atom. The third-order valence-electron chi connectivity index (χ3n) is 5.47. The Hall–Kier alpha value is -1.14. The number of aromatic amines is 1. The maximum absolute atomic E-state index is 12.6. The molecule has 114 valence electrons. The molecule has 4 fully saturated rings. The molecule has 1 aromatic rings. The summed E-state index contributed by atoms with van der Waals surface area (Å²) in [4.78, 5) is 14.3. The normalized spacial score (nSPS) is 37.8. The fraction of sp³-hybridized carbons (Fsp3) is 0.667. The van der Waals surface area contributed by atoms with E-state index in [4.69, 9.17) is 0 Å². The number of hydrogen-bond donors (Lipinski definition) is 2. The lowest BCUT2D eigenvalue weighted by Gasteiger charge is -2.56. The van der Waals surface area contributed by atoms with Crippen LogP contribution in [0.2, 0.25) is 0 Å². The van der Waals surface area contributed by atoms with E-state index in [0.29, 0.717) is 17.8 Å². The van der Waals surface area contributed by atoms with Gasteiger partial charge in [0, 0.05) is 24.0 Å². The minimum Gasteiger partial charge on any atom is -0.366 e. The molecule has 4 aliphatic rings. The highest BCUT2D eigenvalue weighted by atomic mass is 32.2. The summed E-state index contributed by atoms with van der Waals surface area (Å²) in [6.45, 7) is 0. The number of pyridine rings is 1. The number of H-pyrrole nitrogens is 1. The minimum absolute atomic E-state index is 0.166. The van der Waals surface area contributed by atoms with Crippen molar-refractivity contribution in [3.8, 4) is 0 Å². The number of nitrogens with one attached hydrogen (secondary N) is 2. The molecule has 0 amide bonds. The first kappa shape index (κ1) is 13.5. The summed E-state index contributed by atoms with van der Waals surface area (Å²) in [5.41, 5.74) is -0.762. The van der Waals surface area contributed by atoms with Crippen LogP contribution in [-0.4, -0.2) is 18.9 Å². The molecule has 0 radical (unpaired) electrons. The highest BCUT2D eigenvalue weighted by Crippen LogP contribution is 2.55. The zero-order chi connectivity index (χ0) is 14.7. The third-order valence-corrected chi connectivity index (χ3v) is 7.07. The van der Waals surface area contributed by atoms with Crippen LogP contribution in [0.15, 0.2) is 28.2 Å². The van der Waals surface area contributed by atoms with Crippen LogP contribution < -0.4 is 10.2 Å². The van der Waals surface area contributed by atoms with Crippen LogP contribution in [0.25, 0.3) is 0 Å². The van der Waals surface area contributed by atoms with Crippen LogP contribution in [0.5, 0.6) is 0 Å². The number of sulfonamides is 1. The molecule has 4 saturated carbocycles. The highest BCUT2D eigenvalue weighted by molar-refractivity contribution is 7.89. The van der Waals surface area contributed by atoms with Gasteiger partial charge in [-0.3, -0.25) is 4.79 Å². The largest absolute Gasteiger partial charge is 0.366 e. The van der Waals surface area contributed by atoms with E-state index < -0.39 is 15.5 Å². The van der Waals surface area contributed by atoms with E-state index in [0.717, 1.165) is 19.3 Å². The zero-order valence-corrected chi connectivity index (χ0v) is 12.7. The molecule has 0 spiro atoms. The molecule has 5 rings (SSSR count). The van der Waals surface area contributed by atoms with Gasteiger partial charge in [-0.15, -0.1) is 0 Å². The standard InChI is InChI=1S/C15H20N2O3S/c18-13-1-2-16-9-14(13)21(19,20)17-15-6-10-3-11(7-15)5-12(4-10)8-15/h1-2,9-12,17H,3-8H2,(H,16,18). The van der Waals surface area contributed by atoms with Gasteiger partial charge in [0.1, 0.15) is 4.90 Å². The van der Waals surface area contributed by atoms with E-state index in [9.17, 15) is 13.2 Å². The second-order valence-electron chi connectivity index (χ2n) is 7.18. The Bertz CT molecular complexity index is 687. The summed E-state index contributed by atoms with van der Waals surface area (Å²) in [5.74, 6) is 1.98. The van der Waals surface area contributed by atoms with Crippen molar-refractivity contribution in [3.63, 3.8) is 0 Å². The number of rotatable bonds is 3. The van der Waals surface area contributed by atoms with Gasteiger partial charge in [0.15, 0.2) is 0 Å². The first-order valence-electron chi connectivity index (χ1n) is 7.67. The average Bonchev–Trinajstić information content (AvgIpc) is 2.35. The van der Waals surface area contributed by atoms with Gasteiger partial charge in [0.25, 0.3) is 0 Å². The van der Waals surface area contributed by atoms with Crippen molar-refractivity contribution in [2.24, 2.45) is 17.8 Å². The lowest BCUT2D eigenvalue weighted by molar-refractivity contribution is -0.00811. The molecule has 4 aliphatic carbocycles. The Morgan fingerprint density at radius 2 is 1.67 bits per heavy atom. The summed E-state index contributed by atoms with van der Waals surface area (Å²) < 4.78 is 28.1. The topological polar surface area (TPSA) is 79.0 Å². The van der Waals surface area contributed by atoms with Gasteiger partial charge in [0.2, 0.25) is 15.5 Å². The Morgan fingerprint density at radius 3 is 2.19 bits per heavy atom. The maximum atomic E-state index is 12.6. The average molecular weight is 308 g/mol.